The zero-order valence-corrected chi connectivity index (χ0v) is 9.18. The molecule has 7 nitrogen and oxygen atoms in total. The van der Waals surface area contributed by atoms with Crippen molar-refractivity contribution in [1.82, 2.24) is 0 Å². The molecule has 0 spiro atoms. The predicted octanol–water partition coefficient (Wildman–Crippen LogP) is -0.689. The van der Waals surface area contributed by atoms with Gasteiger partial charge >= 0.3 is 0 Å². The summed E-state index contributed by atoms with van der Waals surface area (Å²) in [5, 5.41) is 15.2. The summed E-state index contributed by atoms with van der Waals surface area (Å²) in [6.45, 7) is 0. The van der Waals surface area contributed by atoms with Crippen molar-refractivity contribution in [2.24, 2.45) is 16.7 Å². The van der Waals surface area contributed by atoms with Gasteiger partial charge in [-0.1, -0.05) is 12.1 Å². The molecule has 6 N–H and O–H groups in total. The first kappa shape index (κ1) is 11.6. The lowest BCUT2D eigenvalue weighted by Gasteiger charge is -2.09. The number of rotatable bonds is 3. The average Bonchev–Trinajstić information content (AvgIpc) is 2.43. The number of aromatic hydroxyl groups is 1. The largest absolute Gasteiger partial charge is 0.502 e. The second-order valence-electron chi connectivity index (χ2n) is 3.60. The molecule has 0 aliphatic heterocycles. The number of hydrogen-bond donors (Lipinski definition) is 4. The maximum Gasteiger partial charge on any atom is 0.271 e. The number of nitrogens with two attached hydrogens (primary N) is 2. The molecule has 0 bridgehead atoms. The molecule has 0 amide bonds. The highest BCUT2D eigenvalue weighted by atomic mass is 16.3. The predicted molar refractivity (Wildman–Crippen MR) is 67.7 cm³/mol. The van der Waals surface area contributed by atoms with Crippen molar-refractivity contribution >= 4 is 17.2 Å². The minimum Gasteiger partial charge on any atom is -0.502 e. The molecule has 0 saturated heterocycles. The third-order valence-corrected chi connectivity index (χ3v) is 2.45. The molecule has 0 saturated carbocycles. The van der Waals surface area contributed by atoms with Gasteiger partial charge in [-0.25, -0.2) is 0 Å². The Labute approximate surface area is 101 Å². The molecule has 0 atom stereocenters. The van der Waals surface area contributed by atoms with E-state index in [1.807, 2.05) is 0 Å². The van der Waals surface area contributed by atoms with Crippen LogP contribution in [0.4, 0.5) is 11.4 Å². The Kier molecular flexibility index (Phi) is 2.72. The van der Waals surface area contributed by atoms with Gasteiger partial charge in [0.1, 0.15) is 11.5 Å². The van der Waals surface area contributed by atoms with Crippen LogP contribution in [0.3, 0.4) is 0 Å². The van der Waals surface area contributed by atoms with Crippen LogP contribution >= 0.6 is 0 Å². The fourth-order valence-electron chi connectivity index (χ4n) is 1.47. The van der Waals surface area contributed by atoms with Crippen LogP contribution in [0.2, 0.25) is 0 Å². The van der Waals surface area contributed by atoms with Crippen LogP contribution in [0.5, 0.6) is 5.75 Å². The number of hydrazone groups is 1. The van der Waals surface area contributed by atoms with Crippen molar-refractivity contribution in [1.29, 1.82) is 0 Å². The highest BCUT2D eigenvalue weighted by molar-refractivity contribution is 5.98. The standard InChI is InChI=1S/C11H10N4O3/c12-11(15-13)5-2-1-3-6(4-5)14-7-8(16)10(18)9(7)17/h1-4,14,16H,13H2,(H2,12,15). The third kappa shape index (κ3) is 1.77. The number of anilines is 2. The van der Waals surface area contributed by atoms with Crippen LogP contribution in [0, 0.1) is 0 Å². The number of nitrogens with zero attached hydrogens (tertiary/aromatic N) is 1. The second-order valence-corrected chi connectivity index (χ2v) is 3.60. The molecule has 0 radical (unpaired) electrons. The molecule has 0 aliphatic rings. The molecule has 0 unspecified atom stereocenters. The highest BCUT2D eigenvalue weighted by Gasteiger charge is 2.19. The topological polar surface area (TPSA) is 131 Å². The Morgan fingerprint density at radius 3 is 2.61 bits per heavy atom. The Morgan fingerprint density at radius 1 is 1.28 bits per heavy atom. The van der Waals surface area contributed by atoms with Crippen LogP contribution in [-0.2, 0) is 0 Å². The van der Waals surface area contributed by atoms with E-state index in [0.29, 0.717) is 11.3 Å². The lowest BCUT2D eigenvalue weighted by atomic mass is 10.1. The number of hydrogen-bond acceptors (Lipinski definition) is 6. The van der Waals surface area contributed by atoms with E-state index in [1.54, 1.807) is 24.3 Å². The van der Waals surface area contributed by atoms with E-state index in [2.05, 4.69) is 10.4 Å². The molecule has 0 aromatic heterocycles. The molecule has 2 aromatic rings. The van der Waals surface area contributed by atoms with Crippen molar-refractivity contribution in [2.45, 2.75) is 0 Å². The molecule has 2 rings (SSSR count). The van der Waals surface area contributed by atoms with E-state index in [4.69, 9.17) is 11.6 Å². The van der Waals surface area contributed by atoms with Gasteiger partial charge in [0.2, 0.25) is 0 Å². The smallest absolute Gasteiger partial charge is 0.271 e. The molecular weight excluding hydrogens is 236 g/mol. The van der Waals surface area contributed by atoms with E-state index >= 15 is 0 Å². The highest BCUT2D eigenvalue weighted by Crippen LogP contribution is 2.21. The van der Waals surface area contributed by atoms with Crippen LogP contribution in [0.15, 0.2) is 39.0 Å². The summed E-state index contributed by atoms with van der Waals surface area (Å²) >= 11 is 0. The zero-order chi connectivity index (χ0) is 13.3. The zero-order valence-electron chi connectivity index (χ0n) is 9.18. The van der Waals surface area contributed by atoms with Gasteiger partial charge in [-0.2, -0.15) is 5.10 Å². The minimum absolute atomic E-state index is 0.125. The SMILES string of the molecule is N/N=C(\N)c1cccc(Nc2c(O)c(=O)c2=O)c1. The number of benzene rings is 1. The Bertz CT molecular complexity index is 698. The first-order valence-electron chi connectivity index (χ1n) is 4.97. The Balaban J connectivity index is 2.32. The van der Waals surface area contributed by atoms with Gasteiger partial charge in [-0.3, -0.25) is 9.59 Å². The van der Waals surface area contributed by atoms with Crippen molar-refractivity contribution in [2.75, 3.05) is 5.32 Å². The maximum atomic E-state index is 11.2. The van der Waals surface area contributed by atoms with E-state index in [9.17, 15) is 14.7 Å². The molecule has 2 aromatic carbocycles. The summed E-state index contributed by atoms with van der Waals surface area (Å²) < 4.78 is 0. The molecule has 0 heterocycles. The van der Waals surface area contributed by atoms with E-state index < -0.39 is 16.6 Å². The monoisotopic (exact) mass is 246 g/mol. The fraction of sp³-hybridized carbons (Fsp3) is 0. The molecule has 92 valence electrons. The summed E-state index contributed by atoms with van der Waals surface area (Å²) in [6.07, 6.45) is 0. The summed E-state index contributed by atoms with van der Waals surface area (Å²) in [7, 11) is 0. The average molecular weight is 246 g/mol. The van der Waals surface area contributed by atoms with Crippen LogP contribution in [0.1, 0.15) is 5.56 Å². The third-order valence-electron chi connectivity index (χ3n) is 2.45. The van der Waals surface area contributed by atoms with Gasteiger partial charge in [0.15, 0.2) is 5.75 Å². The molecule has 7 heteroatoms. The van der Waals surface area contributed by atoms with E-state index in [1.165, 1.54) is 0 Å². The molecule has 18 heavy (non-hydrogen) atoms. The molecule has 0 fully saturated rings. The van der Waals surface area contributed by atoms with Gasteiger partial charge in [-0.05, 0) is 12.1 Å². The summed E-state index contributed by atoms with van der Waals surface area (Å²) in [5.74, 6) is 4.62. The minimum atomic E-state index is -0.892. The van der Waals surface area contributed by atoms with Crippen molar-refractivity contribution in [3.63, 3.8) is 0 Å². The normalized spacial score (nSPS) is 11.7. The van der Waals surface area contributed by atoms with Crippen LogP contribution < -0.4 is 27.8 Å². The maximum absolute atomic E-state index is 11.2. The van der Waals surface area contributed by atoms with E-state index in [-0.39, 0.29) is 11.5 Å². The van der Waals surface area contributed by atoms with Gasteiger partial charge in [0.25, 0.3) is 10.9 Å². The van der Waals surface area contributed by atoms with Gasteiger partial charge in [0, 0.05) is 11.3 Å². The van der Waals surface area contributed by atoms with Crippen LogP contribution in [0.25, 0.3) is 0 Å². The Hall–Kier alpha value is -2.83. The van der Waals surface area contributed by atoms with Crippen molar-refractivity contribution in [3.8, 4) is 5.75 Å². The van der Waals surface area contributed by atoms with Gasteiger partial charge < -0.3 is 22.0 Å². The summed E-state index contributed by atoms with van der Waals surface area (Å²) in [4.78, 5) is 22.0. The number of nitrogens with one attached hydrogen (secondary N) is 1. The summed E-state index contributed by atoms with van der Waals surface area (Å²) in [5.41, 5.74) is 4.81. The lowest BCUT2D eigenvalue weighted by molar-refractivity contribution is 0.466. The summed E-state index contributed by atoms with van der Waals surface area (Å²) in [6, 6.07) is 6.57. The first-order valence-corrected chi connectivity index (χ1v) is 4.97. The van der Waals surface area contributed by atoms with Gasteiger partial charge in [-0.15, -0.1) is 0 Å². The number of amidine groups is 1. The van der Waals surface area contributed by atoms with Gasteiger partial charge in [0.05, 0.1) is 0 Å². The van der Waals surface area contributed by atoms with Crippen LogP contribution in [-0.4, -0.2) is 10.9 Å². The Morgan fingerprint density at radius 2 is 2.00 bits per heavy atom. The second kappa shape index (κ2) is 4.21. The van der Waals surface area contributed by atoms with Crippen molar-refractivity contribution in [3.05, 3.63) is 50.3 Å². The van der Waals surface area contributed by atoms with E-state index in [0.717, 1.165) is 0 Å². The van der Waals surface area contributed by atoms with Crippen molar-refractivity contribution < 1.29 is 5.11 Å². The molecular formula is C11H10N4O3. The first-order chi connectivity index (χ1) is 8.54. The molecule has 0 aliphatic carbocycles. The quantitative estimate of drug-likeness (QED) is 0.186. The lowest BCUT2D eigenvalue weighted by Crippen LogP contribution is -2.32. The fourth-order valence-corrected chi connectivity index (χ4v) is 1.47.